The van der Waals surface area contributed by atoms with E-state index in [1.807, 2.05) is 31.2 Å². The Balaban J connectivity index is 0.00000289. The van der Waals surface area contributed by atoms with E-state index in [9.17, 15) is 10.4 Å². The minimum absolute atomic E-state index is 0. The fourth-order valence-corrected chi connectivity index (χ4v) is 3.80. The summed E-state index contributed by atoms with van der Waals surface area (Å²) in [5.41, 5.74) is 5.40. The average molecular weight is 433 g/mol. The van der Waals surface area contributed by atoms with E-state index in [2.05, 4.69) is 31.2 Å². The molecule has 166 valence electrons. The van der Waals surface area contributed by atoms with Crippen LogP contribution in [0.25, 0.3) is 0 Å². The number of fused-ring (bicyclic) bond motifs is 1. The molecule has 8 heteroatoms. The monoisotopic (exact) mass is 432 g/mol. The van der Waals surface area contributed by atoms with Crippen LogP contribution in [0.5, 0.6) is 5.88 Å². The molecule has 0 spiro atoms. The SMILES string of the molecule is C.COc1ccc([C@@H](CO)Nc2ncnc3c2CN(c2ccc(C)cc2C#N)CC3)cn1. The van der Waals surface area contributed by atoms with Crippen molar-refractivity contribution in [2.45, 2.75) is 33.4 Å². The lowest BCUT2D eigenvalue weighted by molar-refractivity contribution is 0.275. The van der Waals surface area contributed by atoms with Crippen molar-refractivity contribution in [2.75, 3.05) is 30.5 Å². The minimum Gasteiger partial charge on any atom is -0.481 e. The molecule has 0 aliphatic carbocycles. The number of anilines is 2. The van der Waals surface area contributed by atoms with E-state index in [0.29, 0.717) is 23.8 Å². The van der Waals surface area contributed by atoms with Crippen molar-refractivity contribution in [3.63, 3.8) is 0 Å². The number of nitrogens with one attached hydrogen (secondary N) is 1. The molecular formula is C24H28N6O2. The van der Waals surface area contributed by atoms with Crippen molar-refractivity contribution in [2.24, 2.45) is 0 Å². The molecule has 0 radical (unpaired) electrons. The maximum Gasteiger partial charge on any atom is 0.212 e. The van der Waals surface area contributed by atoms with E-state index in [4.69, 9.17) is 4.74 Å². The second-order valence-electron chi connectivity index (χ2n) is 7.46. The van der Waals surface area contributed by atoms with Crippen LogP contribution in [0.4, 0.5) is 11.5 Å². The van der Waals surface area contributed by atoms with Crippen LogP contribution >= 0.6 is 0 Å². The number of nitrogens with zero attached hydrogens (tertiary/aromatic N) is 5. The first-order chi connectivity index (χ1) is 15.1. The summed E-state index contributed by atoms with van der Waals surface area (Å²) in [6.45, 7) is 3.21. The van der Waals surface area contributed by atoms with Crippen molar-refractivity contribution in [3.05, 3.63) is 70.8 Å². The molecule has 1 aliphatic heterocycles. The fourth-order valence-electron chi connectivity index (χ4n) is 3.80. The third-order valence-electron chi connectivity index (χ3n) is 5.48. The summed E-state index contributed by atoms with van der Waals surface area (Å²) in [4.78, 5) is 15.3. The molecule has 2 N–H and O–H groups in total. The third-order valence-corrected chi connectivity index (χ3v) is 5.48. The summed E-state index contributed by atoms with van der Waals surface area (Å²) in [5, 5.41) is 22.9. The highest BCUT2D eigenvalue weighted by molar-refractivity contribution is 5.63. The Bertz CT molecular complexity index is 1110. The zero-order valence-electron chi connectivity index (χ0n) is 17.5. The van der Waals surface area contributed by atoms with Gasteiger partial charge in [0.15, 0.2) is 0 Å². The number of ether oxygens (including phenoxy) is 1. The quantitative estimate of drug-likeness (QED) is 0.610. The van der Waals surface area contributed by atoms with E-state index >= 15 is 0 Å². The molecule has 0 fully saturated rings. The summed E-state index contributed by atoms with van der Waals surface area (Å²) < 4.78 is 5.11. The van der Waals surface area contributed by atoms with Gasteiger partial charge in [0.05, 0.1) is 36.7 Å². The van der Waals surface area contributed by atoms with Crippen LogP contribution in [-0.2, 0) is 13.0 Å². The number of aliphatic hydroxyl groups is 1. The van der Waals surface area contributed by atoms with Gasteiger partial charge in [0.1, 0.15) is 18.2 Å². The molecule has 0 bridgehead atoms. The number of rotatable bonds is 6. The predicted molar refractivity (Wildman–Crippen MR) is 124 cm³/mol. The van der Waals surface area contributed by atoms with Gasteiger partial charge in [0, 0.05) is 37.3 Å². The first kappa shape index (κ1) is 23.0. The second-order valence-corrected chi connectivity index (χ2v) is 7.46. The number of benzene rings is 1. The molecule has 3 aromatic rings. The Hall–Kier alpha value is -3.70. The van der Waals surface area contributed by atoms with Gasteiger partial charge >= 0.3 is 0 Å². The third kappa shape index (κ3) is 4.63. The number of methoxy groups -OCH3 is 1. The van der Waals surface area contributed by atoms with Gasteiger partial charge in [-0.1, -0.05) is 13.5 Å². The molecule has 1 atom stereocenters. The molecule has 2 aromatic heterocycles. The van der Waals surface area contributed by atoms with Crippen LogP contribution in [0.3, 0.4) is 0 Å². The van der Waals surface area contributed by atoms with E-state index in [1.165, 1.54) is 0 Å². The molecular weight excluding hydrogens is 404 g/mol. The molecule has 32 heavy (non-hydrogen) atoms. The van der Waals surface area contributed by atoms with Gasteiger partial charge in [-0.2, -0.15) is 5.26 Å². The predicted octanol–water partition coefficient (Wildman–Crippen LogP) is 3.40. The fraction of sp³-hybridized carbons (Fsp3) is 0.333. The Morgan fingerprint density at radius 1 is 1.25 bits per heavy atom. The second kappa shape index (κ2) is 10.1. The van der Waals surface area contributed by atoms with Crippen LogP contribution in [0.15, 0.2) is 42.9 Å². The highest BCUT2D eigenvalue weighted by Crippen LogP contribution is 2.31. The molecule has 1 aromatic carbocycles. The van der Waals surface area contributed by atoms with Gasteiger partial charge in [-0.15, -0.1) is 0 Å². The summed E-state index contributed by atoms with van der Waals surface area (Å²) in [7, 11) is 1.56. The van der Waals surface area contributed by atoms with E-state index in [0.717, 1.165) is 41.0 Å². The number of aliphatic hydroxyl groups excluding tert-OH is 1. The first-order valence-electron chi connectivity index (χ1n) is 10.1. The lowest BCUT2D eigenvalue weighted by Gasteiger charge is -2.32. The molecule has 0 unspecified atom stereocenters. The molecule has 0 saturated heterocycles. The van der Waals surface area contributed by atoms with E-state index in [-0.39, 0.29) is 20.1 Å². The zero-order valence-corrected chi connectivity index (χ0v) is 17.5. The van der Waals surface area contributed by atoms with Gasteiger partial charge in [0.25, 0.3) is 0 Å². The highest BCUT2D eigenvalue weighted by atomic mass is 16.5. The summed E-state index contributed by atoms with van der Waals surface area (Å²) in [6.07, 6.45) is 3.97. The first-order valence-corrected chi connectivity index (χ1v) is 10.1. The van der Waals surface area contributed by atoms with Gasteiger partial charge < -0.3 is 20.1 Å². The largest absolute Gasteiger partial charge is 0.481 e. The van der Waals surface area contributed by atoms with Crippen LogP contribution in [-0.4, -0.2) is 40.3 Å². The summed E-state index contributed by atoms with van der Waals surface area (Å²) in [5.74, 6) is 1.19. The molecule has 4 rings (SSSR count). The van der Waals surface area contributed by atoms with E-state index < -0.39 is 0 Å². The molecule has 1 aliphatic rings. The van der Waals surface area contributed by atoms with Gasteiger partial charge in [-0.05, 0) is 36.2 Å². The van der Waals surface area contributed by atoms with Crippen molar-refractivity contribution in [1.29, 1.82) is 5.26 Å². The maximum absolute atomic E-state index is 9.98. The summed E-state index contributed by atoms with van der Waals surface area (Å²) >= 11 is 0. The lowest BCUT2D eigenvalue weighted by Crippen LogP contribution is -2.33. The number of hydrogen-bond donors (Lipinski definition) is 2. The van der Waals surface area contributed by atoms with E-state index in [1.54, 1.807) is 25.7 Å². The lowest BCUT2D eigenvalue weighted by atomic mass is 10.0. The number of pyridine rings is 1. The maximum atomic E-state index is 9.98. The number of aromatic nitrogens is 3. The van der Waals surface area contributed by atoms with Crippen molar-refractivity contribution in [3.8, 4) is 11.9 Å². The molecule has 3 heterocycles. The number of hydrogen-bond acceptors (Lipinski definition) is 8. The Kier molecular flexibility index (Phi) is 7.23. The van der Waals surface area contributed by atoms with Crippen LogP contribution < -0.4 is 15.0 Å². The number of nitriles is 1. The van der Waals surface area contributed by atoms with Crippen molar-refractivity contribution in [1.82, 2.24) is 15.0 Å². The Morgan fingerprint density at radius 2 is 2.09 bits per heavy atom. The van der Waals surface area contributed by atoms with Gasteiger partial charge in [0.2, 0.25) is 5.88 Å². The molecule has 0 amide bonds. The van der Waals surface area contributed by atoms with Gasteiger partial charge in [-0.25, -0.2) is 15.0 Å². The smallest absolute Gasteiger partial charge is 0.212 e. The normalized spacial score (nSPS) is 13.4. The standard InChI is InChI=1S/C23H24N6O2.CH4/c1-15-3-5-21(17(9-15)10-24)29-8-7-19-18(12-29)23(27-14-26-19)28-20(13-30)16-4-6-22(31-2)25-11-16;/h3-6,9,11,14,20,30H,7-8,12-13H2,1-2H3,(H,26,27,28);1H4/t20-;/m1./s1. The average Bonchev–Trinajstić information content (AvgIpc) is 2.82. The van der Waals surface area contributed by atoms with Gasteiger partial charge in [-0.3, -0.25) is 0 Å². The van der Waals surface area contributed by atoms with Crippen molar-refractivity contribution < 1.29 is 9.84 Å². The van der Waals surface area contributed by atoms with Crippen LogP contribution in [0.2, 0.25) is 0 Å². The van der Waals surface area contributed by atoms with Crippen LogP contribution in [0.1, 0.15) is 41.4 Å². The molecule has 0 saturated carbocycles. The Labute approximate surface area is 188 Å². The summed E-state index contributed by atoms with van der Waals surface area (Å²) in [6, 6.07) is 11.5. The number of aryl methyl sites for hydroxylation is 1. The topological polar surface area (TPSA) is 107 Å². The van der Waals surface area contributed by atoms with Crippen LogP contribution in [0, 0.1) is 18.3 Å². The highest BCUT2D eigenvalue weighted by Gasteiger charge is 2.24. The molecule has 8 nitrogen and oxygen atoms in total. The minimum atomic E-state index is -0.373. The Morgan fingerprint density at radius 3 is 2.78 bits per heavy atom. The van der Waals surface area contributed by atoms with Crippen molar-refractivity contribution >= 4 is 11.5 Å². The zero-order chi connectivity index (χ0) is 21.8.